The van der Waals surface area contributed by atoms with E-state index in [9.17, 15) is 4.39 Å². The number of anilines is 3. The van der Waals surface area contributed by atoms with Crippen molar-refractivity contribution in [3.05, 3.63) is 39.9 Å². The molecule has 1 heterocycles. The Morgan fingerprint density at radius 2 is 1.95 bits per heavy atom. The first-order valence-electron chi connectivity index (χ1n) is 6.31. The van der Waals surface area contributed by atoms with Crippen molar-refractivity contribution in [2.75, 3.05) is 17.7 Å². The standard InChI is InChI=1S/C14H16BrFN4/c1-4-9-13(17-3)18-7-19-14(9)20-12-6-11(16)10(15)5-8(12)2/h5-7H,4H2,1-3H3,(H2,17,18,19,20). The third kappa shape index (κ3) is 2.90. The molecule has 20 heavy (non-hydrogen) atoms. The molecule has 106 valence electrons. The number of aryl methyl sites for hydroxylation is 1. The first kappa shape index (κ1) is 14.7. The van der Waals surface area contributed by atoms with Crippen molar-refractivity contribution in [3.8, 4) is 0 Å². The molecule has 0 aliphatic heterocycles. The summed E-state index contributed by atoms with van der Waals surface area (Å²) in [7, 11) is 1.82. The van der Waals surface area contributed by atoms with Crippen LogP contribution in [0.2, 0.25) is 0 Å². The Labute approximate surface area is 126 Å². The van der Waals surface area contributed by atoms with Gasteiger partial charge in [-0.15, -0.1) is 0 Å². The molecule has 0 radical (unpaired) electrons. The van der Waals surface area contributed by atoms with Crippen LogP contribution in [0.15, 0.2) is 22.9 Å². The van der Waals surface area contributed by atoms with Crippen LogP contribution in [0.3, 0.4) is 0 Å². The largest absolute Gasteiger partial charge is 0.373 e. The summed E-state index contributed by atoms with van der Waals surface area (Å²) in [5.74, 6) is 1.16. The molecule has 0 unspecified atom stereocenters. The number of hydrogen-bond acceptors (Lipinski definition) is 4. The zero-order chi connectivity index (χ0) is 14.7. The van der Waals surface area contributed by atoms with Crippen LogP contribution in [0.1, 0.15) is 18.1 Å². The molecule has 2 rings (SSSR count). The number of hydrogen-bond donors (Lipinski definition) is 2. The highest BCUT2D eigenvalue weighted by Crippen LogP contribution is 2.28. The number of nitrogens with one attached hydrogen (secondary N) is 2. The molecule has 2 aromatic rings. The molecule has 4 nitrogen and oxygen atoms in total. The van der Waals surface area contributed by atoms with E-state index in [1.54, 1.807) is 6.07 Å². The van der Waals surface area contributed by atoms with Gasteiger partial charge >= 0.3 is 0 Å². The maximum absolute atomic E-state index is 13.7. The van der Waals surface area contributed by atoms with E-state index in [-0.39, 0.29) is 5.82 Å². The fourth-order valence-corrected chi connectivity index (χ4v) is 2.44. The predicted molar refractivity (Wildman–Crippen MR) is 83.1 cm³/mol. The van der Waals surface area contributed by atoms with E-state index >= 15 is 0 Å². The second-order valence-corrected chi connectivity index (χ2v) is 5.21. The van der Waals surface area contributed by atoms with Gasteiger partial charge in [-0.3, -0.25) is 0 Å². The molecule has 0 aliphatic rings. The summed E-state index contributed by atoms with van der Waals surface area (Å²) in [5.41, 5.74) is 2.60. The monoisotopic (exact) mass is 338 g/mol. The molecular formula is C14H16BrFN4. The maximum atomic E-state index is 13.7. The van der Waals surface area contributed by atoms with E-state index < -0.39 is 0 Å². The van der Waals surface area contributed by atoms with Gasteiger partial charge in [0.15, 0.2) is 0 Å². The van der Waals surface area contributed by atoms with Crippen LogP contribution < -0.4 is 10.6 Å². The molecule has 0 bridgehead atoms. The van der Waals surface area contributed by atoms with Crippen LogP contribution in [0.25, 0.3) is 0 Å². The van der Waals surface area contributed by atoms with E-state index in [1.807, 2.05) is 20.9 Å². The van der Waals surface area contributed by atoms with Gasteiger partial charge in [-0.2, -0.15) is 0 Å². The molecule has 0 saturated heterocycles. The SMILES string of the molecule is CCc1c(NC)ncnc1Nc1cc(F)c(Br)cc1C. The van der Waals surface area contributed by atoms with Crippen LogP contribution in [-0.2, 0) is 6.42 Å². The van der Waals surface area contributed by atoms with Crippen molar-refractivity contribution in [1.82, 2.24) is 9.97 Å². The molecule has 2 N–H and O–H groups in total. The number of nitrogens with zero attached hydrogens (tertiary/aromatic N) is 2. The average Bonchev–Trinajstić information content (AvgIpc) is 2.44. The van der Waals surface area contributed by atoms with Gasteiger partial charge in [0.25, 0.3) is 0 Å². The molecule has 0 fully saturated rings. The van der Waals surface area contributed by atoms with Crippen molar-refractivity contribution < 1.29 is 4.39 Å². The first-order valence-corrected chi connectivity index (χ1v) is 7.10. The Morgan fingerprint density at radius 1 is 1.25 bits per heavy atom. The third-order valence-corrected chi connectivity index (χ3v) is 3.66. The number of rotatable bonds is 4. The summed E-state index contributed by atoms with van der Waals surface area (Å²) in [6.07, 6.45) is 2.26. The van der Waals surface area contributed by atoms with Crippen molar-refractivity contribution >= 4 is 33.3 Å². The van der Waals surface area contributed by atoms with Gasteiger partial charge in [-0.05, 0) is 47.0 Å². The van der Waals surface area contributed by atoms with Crippen LogP contribution in [0.5, 0.6) is 0 Å². The molecule has 6 heteroatoms. The lowest BCUT2D eigenvalue weighted by molar-refractivity contribution is 0.621. The minimum absolute atomic E-state index is 0.306. The predicted octanol–water partition coefficient (Wildman–Crippen LogP) is 4.03. The summed E-state index contributed by atoms with van der Waals surface area (Å²) in [4.78, 5) is 8.43. The summed E-state index contributed by atoms with van der Waals surface area (Å²) >= 11 is 3.18. The first-order chi connectivity index (χ1) is 9.56. The summed E-state index contributed by atoms with van der Waals surface area (Å²) in [6.45, 7) is 3.94. The van der Waals surface area contributed by atoms with Crippen LogP contribution >= 0.6 is 15.9 Å². The van der Waals surface area contributed by atoms with E-state index in [0.29, 0.717) is 16.0 Å². The molecule has 1 aromatic heterocycles. The zero-order valence-corrected chi connectivity index (χ0v) is 13.2. The highest BCUT2D eigenvalue weighted by Gasteiger charge is 2.11. The lowest BCUT2D eigenvalue weighted by atomic mass is 10.1. The number of halogens is 2. The van der Waals surface area contributed by atoms with Crippen LogP contribution in [0, 0.1) is 12.7 Å². The molecular weight excluding hydrogens is 323 g/mol. The van der Waals surface area contributed by atoms with Gasteiger partial charge in [0.05, 0.1) is 4.47 Å². The van der Waals surface area contributed by atoms with Gasteiger partial charge < -0.3 is 10.6 Å². The van der Waals surface area contributed by atoms with Crippen molar-refractivity contribution in [3.63, 3.8) is 0 Å². The number of benzene rings is 1. The van der Waals surface area contributed by atoms with Crippen LogP contribution in [-0.4, -0.2) is 17.0 Å². The van der Waals surface area contributed by atoms with Gasteiger partial charge in [0, 0.05) is 18.3 Å². The molecule has 0 aliphatic carbocycles. The highest BCUT2D eigenvalue weighted by molar-refractivity contribution is 9.10. The second-order valence-electron chi connectivity index (χ2n) is 4.36. The summed E-state index contributed by atoms with van der Waals surface area (Å²) < 4.78 is 14.1. The molecule has 1 aromatic carbocycles. The average molecular weight is 339 g/mol. The lowest BCUT2D eigenvalue weighted by Gasteiger charge is -2.14. The van der Waals surface area contributed by atoms with Crippen molar-refractivity contribution in [2.45, 2.75) is 20.3 Å². The van der Waals surface area contributed by atoms with Crippen LogP contribution in [0.4, 0.5) is 21.7 Å². The summed E-state index contributed by atoms with van der Waals surface area (Å²) in [5, 5.41) is 6.22. The third-order valence-electron chi connectivity index (χ3n) is 3.06. The van der Waals surface area contributed by atoms with E-state index in [0.717, 1.165) is 23.4 Å². The fraction of sp³-hybridized carbons (Fsp3) is 0.286. The maximum Gasteiger partial charge on any atom is 0.139 e. The molecule has 0 atom stereocenters. The molecule has 0 spiro atoms. The van der Waals surface area contributed by atoms with Crippen molar-refractivity contribution in [1.29, 1.82) is 0 Å². The molecule has 0 amide bonds. The smallest absolute Gasteiger partial charge is 0.139 e. The van der Waals surface area contributed by atoms with E-state index in [2.05, 4.69) is 36.5 Å². The normalized spacial score (nSPS) is 10.4. The fourth-order valence-electron chi connectivity index (χ4n) is 1.98. The number of aromatic nitrogens is 2. The van der Waals surface area contributed by atoms with Crippen molar-refractivity contribution in [2.24, 2.45) is 0 Å². The van der Waals surface area contributed by atoms with Gasteiger partial charge in [0.1, 0.15) is 23.8 Å². The minimum Gasteiger partial charge on any atom is -0.373 e. The Hall–Kier alpha value is -1.69. The van der Waals surface area contributed by atoms with Gasteiger partial charge in [0.2, 0.25) is 0 Å². The van der Waals surface area contributed by atoms with E-state index in [1.165, 1.54) is 12.4 Å². The Morgan fingerprint density at radius 3 is 2.60 bits per heavy atom. The lowest BCUT2D eigenvalue weighted by Crippen LogP contribution is -2.05. The Kier molecular flexibility index (Phi) is 4.54. The topological polar surface area (TPSA) is 49.8 Å². The highest BCUT2D eigenvalue weighted by atomic mass is 79.9. The van der Waals surface area contributed by atoms with E-state index in [4.69, 9.17) is 0 Å². The molecule has 0 saturated carbocycles. The van der Waals surface area contributed by atoms with Gasteiger partial charge in [-0.1, -0.05) is 6.92 Å². The Balaban J connectivity index is 2.42. The Bertz CT molecular complexity index is 631. The van der Waals surface area contributed by atoms with Gasteiger partial charge in [-0.25, -0.2) is 14.4 Å². The second kappa shape index (κ2) is 6.17. The summed E-state index contributed by atoms with van der Waals surface area (Å²) in [6, 6.07) is 3.20. The quantitative estimate of drug-likeness (QED) is 0.883. The zero-order valence-electron chi connectivity index (χ0n) is 11.6. The minimum atomic E-state index is -0.306.